The summed E-state index contributed by atoms with van der Waals surface area (Å²) in [5, 5.41) is 20.7. The molecule has 0 unspecified atom stereocenters. The maximum atomic E-state index is 12.2. The van der Waals surface area contributed by atoms with Crippen LogP contribution in [0.4, 0.5) is 0 Å². The number of aromatic hydroxyl groups is 1. The molecule has 0 amide bonds. The van der Waals surface area contributed by atoms with Gasteiger partial charge in [0.1, 0.15) is 5.75 Å². The first-order valence-corrected chi connectivity index (χ1v) is 10.0. The Morgan fingerprint density at radius 2 is 1.93 bits per heavy atom. The lowest BCUT2D eigenvalue weighted by atomic mass is 10.00. The van der Waals surface area contributed by atoms with Crippen LogP contribution in [0.5, 0.6) is 5.75 Å². The van der Waals surface area contributed by atoms with Crippen LogP contribution in [0.2, 0.25) is 0 Å². The second kappa shape index (κ2) is 7.75. The molecular formula is C22H25N3O4. The molecule has 2 aromatic heterocycles. The van der Waals surface area contributed by atoms with Crippen molar-refractivity contribution < 1.29 is 15.0 Å². The van der Waals surface area contributed by atoms with E-state index >= 15 is 0 Å². The predicted octanol–water partition coefficient (Wildman–Crippen LogP) is 3.13. The van der Waals surface area contributed by atoms with Crippen molar-refractivity contribution in [2.45, 2.75) is 32.6 Å². The van der Waals surface area contributed by atoms with Crippen LogP contribution < -0.4 is 5.56 Å². The number of carbonyl (C=O) groups is 1. The fourth-order valence-electron chi connectivity index (χ4n) is 4.18. The van der Waals surface area contributed by atoms with E-state index in [2.05, 4.69) is 20.9 Å². The van der Waals surface area contributed by atoms with Gasteiger partial charge in [-0.1, -0.05) is 19.1 Å². The molecule has 152 valence electrons. The van der Waals surface area contributed by atoms with Gasteiger partial charge in [-0.15, -0.1) is 0 Å². The van der Waals surface area contributed by atoms with Gasteiger partial charge >= 0.3 is 5.97 Å². The highest BCUT2D eigenvalue weighted by Gasteiger charge is 2.22. The molecule has 1 fully saturated rings. The molecule has 29 heavy (non-hydrogen) atoms. The SMILES string of the molecule is CCc1c(-c2ccc3cc(CCN4CCCC4)[nH]c3c2)[nH]c(=O)c(C(=O)O)c1O. The average molecular weight is 395 g/mol. The number of fused-ring (bicyclic) bond motifs is 1. The van der Waals surface area contributed by atoms with Crippen LogP contribution in [0.15, 0.2) is 29.1 Å². The number of benzene rings is 1. The Bertz CT molecular complexity index is 1120. The number of pyridine rings is 1. The summed E-state index contributed by atoms with van der Waals surface area (Å²) in [7, 11) is 0. The van der Waals surface area contributed by atoms with E-state index in [1.807, 2.05) is 25.1 Å². The second-order valence-corrected chi connectivity index (χ2v) is 7.59. The second-order valence-electron chi connectivity index (χ2n) is 7.59. The van der Waals surface area contributed by atoms with Gasteiger partial charge in [0.25, 0.3) is 5.56 Å². The molecule has 0 spiro atoms. The molecule has 0 saturated carbocycles. The zero-order valence-electron chi connectivity index (χ0n) is 16.4. The van der Waals surface area contributed by atoms with Crippen LogP contribution in [-0.4, -0.2) is 50.7 Å². The molecule has 4 N–H and O–H groups in total. The van der Waals surface area contributed by atoms with E-state index in [-0.39, 0.29) is 0 Å². The smallest absolute Gasteiger partial charge is 0.345 e. The zero-order valence-corrected chi connectivity index (χ0v) is 16.4. The molecule has 0 atom stereocenters. The molecule has 0 aliphatic carbocycles. The van der Waals surface area contributed by atoms with Gasteiger partial charge in [-0.3, -0.25) is 4.79 Å². The molecule has 4 rings (SSSR count). The van der Waals surface area contributed by atoms with Crippen molar-refractivity contribution in [2.75, 3.05) is 19.6 Å². The van der Waals surface area contributed by atoms with Gasteiger partial charge in [0.15, 0.2) is 5.56 Å². The summed E-state index contributed by atoms with van der Waals surface area (Å²) in [6.45, 7) is 5.20. The highest BCUT2D eigenvalue weighted by atomic mass is 16.4. The van der Waals surface area contributed by atoms with E-state index in [1.165, 1.54) is 25.9 Å². The molecule has 1 saturated heterocycles. The van der Waals surface area contributed by atoms with Crippen LogP contribution in [0.1, 0.15) is 41.4 Å². The quantitative estimate of drug-likeness (QED) is 0.513. The van der Waals surface area contributed by atoms with Gasteiger partial charge < -0.3 is 25.1 Å². The number of H-pyrrole nitrogens is 2. The maximum Gasteiger partial charge on any atom is 0.345 e. The number of carboxylic acid groups (broad SMARTS) is 1. The summed E-state index contributed by atoms with van der Waals surface area (Å²) < 4.78 is 0. The van der Waals surface area contributed by atoms with E-state index in [0.717, 1.165) is 35.1 Å². The number of hydrogen-bond acceptors (Lipinski definition) is 4. The lowest BCUT2D eigenvalue weighted by molar-refractivity contribution is 0.0691. The summed E-state index contributed by atoms with van der Waals surface area (Å²) in [6, 6.07) is 7.92. The summed E-state index contributed by atoms with van der Waals surface area (Å²) in [6.07, 6.45) is 3.90. The number of aromatic carboxylic acids is 1. The fourth-order valence-corrected chi connectivity index (χ4v) is 4.18. The molecule has 0 radical (unpaired) electrons. The largest absolute Gasteiger partial charge is 0.506 e. The molecule has 3 aromatic rings. The minimum absolute atomic E-state index is 0.391. The van der Waals surface area contributed by atoms with Crippen molar-refractivity contribution in [3.63, 3.8) is 0 Å². The molecule has 0 bridgehead atoms. The average Bonchev–Trinajstić information content (AvgIpc) is 3.34. The van der Waals surface area contributed by atoms with Crippen molar-refractivity contribution in [1.82, 2.24) is 14.9 Å². The zero-order chi connectivity index (χ0) is 20.5. The van der Waals surface area contributed by atoms with Crippen molar-refractivity contribution in [1.29, 1.82) is 0 Å². The topological polar surface area (TPSA) is 109 Å². The first kappa shape index (κ1) is 19.3. The van der Waals surface area contributed by atoms with E-state index in [1.54, 1.807) is 0 Å². The van der Waals surface area contributed by atoms with Crippen molar-refractivity contribution in [3.8, 4) is 17.0 Å². The van der Waals surface area contributed by atoms with Crippen molar-refractivity contribution in [2.24, 2.45) is 0 Å². The van der Waals surface area contributed by atoms with Gasteiger partial charge in [0, 0.05) is 35.3 Å². The standard InChI is InChI=1S/C22H25N3O4/c1-2-16-19(24-21(27)18(20(16)26)22(28)29)14-6-5-13-11-15(23-17(13)12-14)7-10-25-8-3-4-9-25/h5-6,11-12,23H,2-4,7-10H2,1H3,(H,28,29)(H2,24,26,27). The van der Waals surface area contributed by atoms with E-state index in [9.17, 15) is 19.8 Å². The maximum absolute atomic E-state index is 12.2. The van der Waals surface area contributed by atoms with Gasteiger partial charge in [-0.25, -0.2) is 4.79 Å². The Morgan fingerprint density at radius 3 is 2.62 bits per heavy atom. The van der Waals surface area contributed by atoms with E-state index in [4.69, 9.17) is 0 Å². The third kappa shape index (κ3) is 3.65. The highest BCUT2D eigenvalue weighted by molar-refractivity contribution is 5.92. The van der Waals surface area contributed by atoms with E-state index < -0.39 is 22.8 Å². The lowest BCUT2D eigenvalue weighted by Crippen LogP contribution is -2.21. The van der Waals surface area contributed by atoms with E-state index in [0.29, 0.717) is 17.7 Å². The Labute approximate surface area is 168 Å². The Balaban J connectivity index is 1.69. The number of nitrogens with one attached hydrogen (secondary N) is 2. The molecule has 1 aliphatic heterocycles. The van der Waals surface area contributed by atoms with Crippen LogP contribution >= 0.6 is 0 Å². The number of hydrogen-bond donors (Lipinski definition) is 4. The molecule has 1 aromatic carbocycles. The number of aromatic nitrogens is 2. The predicted molar refractivity (Wildman–Crippen MR) is 112 cm³/mol. The molecule has 7 nitrogen and oxygen atoms in total. The summed E-state index contributed by atoms with van der Waals surface area (Å²) in [5.41, 5.74) is 2.29. The lowest BCUT2D eigenvalue weighted by Gasteiger charge is -2.13. The molecule has 3 heterocycles. The minimum Gasteiger partial charge on any atom is -0.506 e. The number of rotatable bonds is 6. The van der Waals surface area contributed by atoms with Gasteiger partial charge in [-0.2, -0.15) is 0 Å². The monoisotopic (exact) mass is 395 g/mol. The van der Waals surface area contributed by atoms with Crippen LogP contribution in [0.3, 0.4) is 0 Å². The highest BCUT2D eigenvalue weighted by Crippen LogP contribution is 2.31. The molecule has 7 heteroatoms. The van der Waals surface area contributed by atoms with Crippen LogP contribution in [-0.2, 0) is 12.8 Å². The number of aromatic amines is 2. The van der Waals surface area contributed by atoms with Crippen molar-refractivity contribution >= 4 is 16.9 Å². The summed E-state index contributed by atoms with van der Waals surface area (Å²) >= 11 is 0. The third-order valence-corrected chi connectivity index (χ3v) is 5.72. The fraction of sp³-hybridized carbons (Fsp3) is 0.364. The number of likely N-dealkylation sites (tertiary alicyclic amines) is 1. The van der Waals surface area contributed by atoms with Gasteiger partial charge in [-0.05, 0) is 49.9 Å². The molecular weight excluding hydrogens is 370 g/mol. The summed E-state index contributed by atoms with van der Waals surface area (Å²) in [5.74, 6) is -1.90. The first-order chi connectivity index (χ1) is 14.0. The van der Waals surface area contributed by atoms with Gasteiger partial charge in [0.2, 0.25) is 0 Å². The van der Waals surface area contributed by atoms with Crippen LogP contribution in [0.25, 0.3) is 22.2 Å². The van der Waals surface area contributed by atoms with Crippen molar-refractivity contribution in [3.05, 3.63) is 51.4 Å². The molecule has 1 aliphatic rings. The third-order valence-electron chi connectivity index (χ3n) is 5.72. The Kier molecular flexibility index (Phi) is 5.15. The number of carboxylic acids is 1. The van der Waals surface area contributed by atoms with Crippen LogP contribution in [0, 0.1) is 0 Å². The normalized spacial score (nSPS) is 14.7. The Hall–Kier alpha value is -3.06. The summed E-state index contributed by atoms with van der Waals surface area (Å²) in [4.78, 5) is 32.1. The minimum atomic E-state index is -1.44. The Morgan fingerprint density at radius 1 is 1.17 bits per heavy atom. The first-order valence-electron chi connectivity index (χ1n) is 10.0. The number of nitrogens with zero attached hydrogens (tertiary/aromatic N) is 1. The van der Waals surface area contributed by atoms with Gasteiger partial charge in [0.05, 0.1) is 5.69 Å².